The van der Waals surface area contributed by atoms with Crippen molar-refractivity contribution in [2.45, 2.75) is 45.6 Å². The Morgan fingerprint density at radius 2 is 1.97 bits per heavy atom. The third kappa shape index (κ3) is 6.35. The Kier molecular flexibility index (Phi) is 7.67. The SMILES string of the molecule is CC1CN(CC(=O)N2CC(C)(C)c3cnc(Cc4ccccc4)cc32)CCN1.Cc1cnn(C)c1. The molecule has 35 heavy (non-hydrogen) atoms. The van der Waals surface area contributed by atoms with Crippen molar-refractivity contribution in [1.82, 2.24) is 25.0 Å². The maximum atomic E-state index is 13.2. The molecule has 2 aliphatic heterocycles. The maximum absolute atomic E-state index is 13.2. The molecule has 1 N–H and O–H groups in total. The summed E-state index contributed by atoms with van der Waals surface area (Å²) in [6.45, 7) is 12.6. The number of anilines is 1. The minimum absolute atomic E-state index is 0.0694. The highest BCUT2D eigenvalue weighted by Gasteiger charge is 2.39. The van der Waals surface area contributed by atoms with Crippen molar-refractivity contribution in [3.63, 3.8) is 0 Å². The van der Waals surface area contributed by atoms with Gasteiger partial charge in [-0.3, -0.25) is 19.4 Å². The van der Waals surface area contributed by atoms with Crippen LogP contribution in [0.25, 0.3) is 0 Å². The second-order valence-electron chi connectivity index (χ2n) is 10.5. The third-order valence-corrected chi connectivity index (χ3v) is 6.69. The zero-order valence-electron chi connectivity index (χ0n) is 21.7. The zero-order chi connectivity index (χ0) is 25.0. The Hall–Kier alpha value is -3.03. The standard InChI is InChI=1S/C23H30N4O.C5H8N2/c1-17-14-26(10-9-24-17)15-22(28)27-16-23(2,3)20-13-25-19(12-21(20)27)11-18-7-5-4-6-8-18;1-5-3-6-7(2)4-5/h4-8,12-13,17,24H,9-11,14-16H2,1-3H3;3-4H,1-2H3. The zero-order valence-corrected chi connectivity index (χ0v) is 21.7. The second-order valence-corrected chi connectivity index (χ2v) is 10.5. The Balaban J connectivity index is 0.000000356. The number of carbonyl (C=O) groups excluding carboxylic acids is 1. The molecule has 1 fully saturated rings. The van der Waals surface area contributed by atoms with Gasteiger partial charge in [0.25, 0.3) is 0 Å². The van der Waals surface area contributed by atoms with Crippen LogP contribution in [0.2, 0.25) is 0 Å². The van der Waals surface area contributed by atoms with Crippen LogP contribution in [-0.4, -0.2) is 64.3 Å². The Bertz CT molecular complexity index is 1120. The second kappa shape index (κ2) is 10.7. The summed E-state index contributed by atoms with van der Waals surface area (Å²) < 4.78 is 1.79. The smallest absolute Gasteiger partial charge is 0.241 e. The Morgan fingerprint density at radius 1 is 1.20 bits per heavy atom. The lowest BCUT2D eigenvalue weighted by molar-refractivity contribution is -0.120. The van der Waals surface area contributed by atoms with Gasteiger partial charge in [0.2, 0.25) is 5.91 Å². The molecule has 7 heteroatoms. The van der Waals surface area contributed by atoms with Gasteiger partial charge in [0, 0.05) is 74.8 Å². The van der Waals surface area contributed by atoms with Crippen molar-refractivity contribution < 1.29 is 4.79 Å². The average Bonchev–Trinajstić information content (AvgIpc) is 3.33. The molecule has 5 rings (SSSR count). The molecule has 4 heterocycles. The predicted octanol–water partition coefficient (Wildman–Crippen LogP) is 3.32. The van der Waals surface area contributed by atoms with Gasteiger partial charge in [0.05, 0.1) is 18.4 Å². The molecule has 1 saturated heterocycles. The van der Waals surface area contributed by atoms with Crippen molar-refractivity contribution in [1.29, 1.82) is 0 Å². The molecular weight excluding hydrogens is 436 g/mol. The minimum Gasteiger partial charge on any atom is -0.312 e. The van der Waals surface area contributed by atoms with Crippen molar-refractivity contribution in [2.75, 3.05) is 37.6 Å². The number of amides is 1. The number of piperazine rings is 1. The van der Waals surface area contributed by atoms with E-state index in [0.717, 1.165) is 44.0 Å². The van der Waals surface area contributed by atoms with Crippen LogP contribution in [0, 0.1) is 6.92 Å². The topological polar surface area (TPSA) is 66.3 Å². The van der Waals surface area contributed by atoms with Crippen LogP contribution in [0.1, 0.15) is 43.2 Å². The van der Waals surface area contributed by atoms with Crippen molar-refractivity contribution in [3.8, 4) is 0 Å². The molecule has 7 nitrogen and oxygen atoms in total. The van der Waals surface area contributed by atoms with E-state index in [2.05, 4.69) is 66.4 Å². The van der Waals surface area contributed by atoms with Gasteiger partial charge in [-0.25, -0.2) is 0 Å². The third-order valence-electron chi connectivity index (χ3n) is 6.69. The van der Waals surface area contributed by atoms with Gasteiger partial charge in [-0.1, -0.05) is 44.2 Å². The van der Waals surface area contributed by atoms with Crippen LogP contribution >= 0.6 is 0 Å². The average molecular weight is 475 g/mol. The number of hydrogen-bond acceptors (Lipinski definition) is 5. The first-order chi connectivity index (χ1) is 16.7. The highest BCUT2D eigenvalue weighted by molar-refractivity contribution is 5.97. The van der Waals surface area contributed by atoms with E-state index < -0.39 is 0 Å². The molecular formula is C28H38N6O. The molecule has 0 saturated carbocycles. The van der Waals surface area contributed by atoms with E-state index in [4.69, 9.17) is 4.98 Å². The summed E-state index contributed by atoms with van der Waals surface area (Å²) in [5, 5.41) is 7.37. The van der Waals surface area contributed by atoms with E-state index >= 15 is 0 Å². The molecule has 0 aliphatic carbocycles. The van der Waals surface area contributed by atoms with E-state index in [1.165, 1.54) is 16.7 Å². The number of rotatable bonds is 4. The van der Waals surface area contributed by atoms with E-state index in [1.54, 1.807) is 4.68 Å². The fourth-order valence-corrected chi connectivity index (χ4v) is 4.90. The van der Waals surface area contributed by atoms with Crippen LogP contribution in [0.15, 0.2) is 55.0 Å². The predicted molar refractivity (Wildman–Crippen MR) is 141 cm³/mol. The van der Waals surface area contributed by atoms with Crippen LogP contribution in [0.4, 0.5) is 5.69 Å². The van der Waals surface area contributed by atoms with E-state index in [-0.39, 0.29) is 11.3 Å². The molecule has 0 bridgehead atoms. The van der Waals surface area contributed by atoms with Gasteiger partial charge in [-0.15, -0.1) is 0 Å². The van der Waals surface area contributed by atoms with E-state index in [1.807, 2.05) is 43.5 Å². The van der Waals surface area contributed by atoms with Gasteiger partial charge >= 0.3 is 0 Å². The Labute approximate surface area is 209 Å². The van der Waals surface area contributed by atoms with E-state index in [9.17, 15) is 4.79 Å². The van der Waals surface area contributed by atoms with Crippen molar-refractivity contribution >= 4 is 11.6 Å². The Morgan fingerprint density at radius 3 is 2.60 bits per heavy atom. The first kappa shape index (κ1) is 25.1. The number of hydrogen-bond donors (Lipinski definition) is 1. The summed E-state index contributed by atoms with van der Waals surface area (Å²) in [4.78, 5) is 22.1. The maximum Gasteiger partial charge on any atom is 0.241 e. The van der Waals surface area contributed by atoms with Gasteiger partial charge in [0.15, 0.2) is 0 Å². The molecule has 2 aromatic heterocycles. The summed E-state index contributed by atoms with van der Waals surface area (Å²) >= 11 is 0. The number of nitrogens with one attached hydrogen (secondary N) is 1. The molecule has 0 radical (unpaired) electrons. The molecule has 1 aromatic carbocycles. The largest absolute Gasteiger partial charge is 0.312 e. The highest BCUT2D eigenvalue weighted by Crippen LogP contribution is 2.40. The lowest BCUT2D eigenvalue weighted by atomic mass is 9.88. The van der Waals surface area contributed by atoms with Gasteiger partial charge in [-0.05, 0) is 31.0 Å². The number of aromatic nitrogens is 3. The summed E-state index contributed by atoms with van der Waals surface area (Å²) in [6.07, 6.45) is 6.57. The fourth-order valence-electron chi connectivity index (χ4n) is 4.90. The first-order valence-corrected chi connectivity index (χ1v) is 12.5. The van der Waals surface area contributed by atoms with Crippen molar-refractivity contribution in [2.24, 2.45) is 7.05 Å². The number of nitrogens with zero attached hydrogens (tertiary/aromatic N) is 5. The monoisotopic (exact) mass is 474 g/mol. The van der Waals surface area contributed by atoms with Crippen molar-refractivity contribution in [3.05, 3.63) is 77.4 Å². The number of carbonyl (C=O) groups is 1. The summed E-state index contributed by atoms with van der Waals surface area (Å²) in [7, 11) is 1.91. The normalized spacial score (nSPS) is 19.1. The fraction of sp³-hybridized carbons (Fsp3) is 0.464. The molecule has 0 spiro atoms. The first-order valence-electron chi connectivity index (χ1n) is 12.5. The van der Waals surface area contributed by atoms with Gasteiger partial charge < -0.3 is 10.2 Å². The van der Waals surface area contributed by atoms with E-state index in [0.29, 0.717) is 12.6 Å². The van der Waals surface area contributed by atoms with Gasteiger partial charge in [-0.2, -0.15) is 5.10 Å². The van der Waals surface area contributed by atoms with Crippen LogP contribution < -0.4 is 10.2 Å². The summed E-state index contributed by atoms with van der Waals surface area (Å²) in [5.74, 6) is 0.192. The van der Waals surface area contributed by atoms with Crippen LogP contribution in [0.5, 0.6) is 0 Å². The quantitative estimate of drug-likeness (QED) is 0.628. The summed E-state index contributed by atoms with van der Waals surface area (Å²) in [5.41, 5.74) is 5.60. The molecule has 3 aromatic rings. The number of benzene rings is 1. The molecule has 186 valence electrons. The number of fused-ring (bicyclic) bond motifs is 1. The number of pyridine rings is 1. The lowest BCUT2D eigenvalue weighted by Gasteiger charge is -2.32. The molecule has 2 aliphatic rings. The number of aryl methyl sites for hydroxylation is 2. The summed E-state index contributed by atoms with van der Waals surface area (Å²) in [6, 6.07) is 12.9. The molecule has 1 amide bonds. The highest BCUT2D eigenvalue weighted by atomic mass is 16.2. The minimum atomic E-state index is -0.0694. The molecule has 1 unspecified atom stereocenters. The molecule has 1 atom stereocenters. The van der Waals surface area contributed by atoms with Crippen LogP contribution in [-0.2, 0) is 23.7 Å². The van der Waals surface area contributed by atoms with Gasteiger partial charge in [0.1, 0.15) is 0 Å². The lowest BCUT2D eigenvalue weighted by Crippen LogP contribution is -2.52. The van der Waals surface area contributed by atoms with Crippen LogP contribution in [0.3, 0.4) is 0 Å².